The van der Waals surface area contributed by atoms with Gasteiger partial charge in [-0.25, -0.2) is 0 Å². The van der Waals surface area contributed by atoms with E-state index in [9.17, 15) is 4.79 Å². The lowest BCUT2D eigenvalue weighted by Crippen LogP contribution is -2.51. The van der Waals surface area contributed by atoms with E-state index in [0.29, 0.717) is 12.6 Å². The molecule has 5 nitrogen and oxygen atoms in total. The maximum absolute atomic E-state index is 12.6. The summed E-state index contributed by atoms with van der Waals surface area (Å²) in [4.78, 5) is 22.1. The maximum atomic E-state index is 12.6. The molecule has 2 saturated heterocycles. The van der Waals surface area contributed by atoms with Gasteiger partial charge < -0.3 is 10.2 Å². The zero-order chi connectivity index (χ0) is 18.9. The summed E-state index contributed by atoms with van der Waals surface area (Å²) in [5, 5.41) is 3.09. The van der Waals surface area contributed by atoms with E-state index in [4.69, 9.17) is 0 Å². The van der Waals surface area contributed by atoms with Crippen LogP contribution < -0.4 is 5.32 Å². The Bertz CT molecular complexity index is 563. The summed E-state index contributed by atoms with van der Waals surface area (Å²) in [5.74, 6) is 2.79. The number of carbonyl (C=O) groups is 1. The molecule has 1 aromatic rings. The fourth-order valence-electron chi connectivity index (χ4n) is 4.22. The number of nitrogens with zero attached hydrogens (tertiary/aromatic N) is 3. The van der Waals surface area contributed by atoms with Gasteiger partial charge in [-0.05, 0) is 63.2 Å². The lowest BCUT2D eigenvalue weighted by atomic mass is 9.93. The summed E-state index contributed by atoms with van der Waals surface area (Å²) in [6.07, 6.45) is 6.42. The Hall–Kier alpha value is -1.11. The van der Waals surface area contributed by atoms with Gasteiger partial charge in [-0.2, -0.15) is 11.8 Å². The van der Waals surface area contributed by atoms with Gasteiger partial charge in [0.1, 0.15) is 0 Å². The largest absolute Gasteiger partial charge is 0.350 e. The highest BCUT2D eigenvalue weighted by Gasteiger charge is 2.31. The van der Waals surface area contributed by atoms with Crippen LogP contribution in [0.5, 0.6) is 0 Å². The Kier molecular flexibility index (Phi) is 8.42. The van der Waals surface area contributed by atoms with E-state index < -0.39 is 0 Å². The number of pyridine rings is 1. The number of hydrogen-bond acceptors (Lipinski definition) is 5. The Labute approximate surface area is 168 Å². The van der Waals surface area contributed by atoms with Crippen LogP contribution in [-0.2, 0) is 11.3 Å². The smallest absolute Gasteiger partial charge is 0.224 e. The molecule has 2 aliphatic heterocycles. The summed E-state index contributed by atoms with van der Waals surface area (Å²) < 4.78 is 0. The molecule has 1 atom stereocenters. The van der Waals surface area contributed by atoms with Crippen LogP contribution in [0.2, 0.25) is 0 Å². The summed E-state index contributed by atoms with van der Waals surface area (Å²) in [6.45, 7) is 8.49. The molecule has 0 unspecified atom stereocenters. The monoisotopic (exact) mass is 390 g/mol. The summed E-state index contributed by atoms with van der Waals surface area (Å²) in [5.41, 5.74) is 0.923. The molecule has 2 aliphatic rings. The number of piperidine rings is 2. The average molecular weight is 391 g/mol. The van der Waals surface area contributed by atoms with E-state index in [-0.39, 0.29) is 11.8 Å². The first kappa shape index (κ1) is 20.6. The van der Waals surface area contributed by atoms with Gasteiger partial charge in [0.25, 0.3) is 0 Å². The van der Waals surface area contributed by atoms with Gasteiger partial charge in [0, 0.05) is 31.1 Å². The molecule has 6 heteroatoms. The molecule has 2 fully saturated rings. The van der Waals surface area contributed by atoms with Crippen LogP contribution in [0.25, 0.3) is 0 Å². The van der Waals surface area contributed by atoms with Crippen LogP contribution in [0.3, 0.4) is 0 Å². The van der Waals surface area contributed by atoms with Crippen LogP contribution in [0.4, 0.5) is 0 Å². The molecule has 150 valence electrons. The molecule has 0 saturated carbocycles. The third kappa shape index (κ3) is 6.47. The van der Waals surface area contributed by atoms with E-state index in [1.807, 2.05) is 30.0 Å². The topological polar surface area (TPSA) is 48.5 Å². The van der Waals surface area contributed by atoms with E-state index >= 15 is 0 Å². The predicted octanol–water partition coefficient (Wildman–Crippen LogP) is 2.63. The van der Waals surface area contributed by atoms with Crippen molar-refractivity contribution < 1.29 is 4.79 Å². The van der Waals surface area contributed by atoms with Crippen LogP contribution >= 0.6 is 11.8 Å². The van der Waals surface area contributed by atoms with Crippen molar-refractivity contribution in [3.05, 3.63) is 30.1 Å². The minimum Gasteiger partial charge on any atom is -0.350 e. The van der Waals surface area contributed by atoms with Crippen molar-refractivity contribution in [3.63, 3.8) is 0 Å². The van der Waals surface area contributed by atoms with E-state index in [1.165, 1.54) is 44.0 Å². The third-order valence-corrected chi connectivity index (χ3v) is 6.70. The van der Waals surface area contributed by atoms with Crippen molar-refractivity contribution in [2.45, 2.75) is 45.2 Å². The Morgan fingerprint density at radius 2 is 2.11 bits per heavy atom. The first-order valence-electron chi connectivity index (χ1n) is 10.5. The third-order valence-electron chi connectivity index (χ3n) is 5.82. The molecule has 1 amide bonds. The molecule has 1 aromatic heterocycles. The minimum atomic E-state index is 0.126. The van der Waals surface area contributed by atoms with Gasteiger partial charge in [-0.1, -0.05) is 13.0 Å². The molecule has 0 spiro atoms. The molecule has 0 aromatic carbocycles. The average Bonchev–Trinajstić information content (AvgIpc) is 2.73. The highest BCUT2D eigenvalue weighted by atomic mass is 32.2. The van der Waals surface area contributed by atoms with Crippen LogP contribution in [-0.4, -0.2) is 71.0 Å². The van der Waals surface area contributed by atoms with Crippen LogP contribution in [0.15, 0.2) is 24.4 Å². The quantitative estimate of drug-likeness (QED) is 0.692. The second-order valence-electron chi connectivity index (χ2n) is 7.64. The fraction of sp³-hybridized carbons (Fsp3) is 0.714. The molecule has 0 bridgehead atoms. The Morgan fingerprint density at radius 3 is 2.85 bits per heavy atom. The highest BCUT2D eigenvalue weighted by Crippen LogP contribution is 2.24. The Morgan fingerprint density at radius 1 is 1.26 bits per heavy atom. The molecule has 3 heterocycles. The summed E-state index contributed by atoms with van der Waals surface area (Å²) in [7, 11) is 0. The van der Waals surface area contributed by atoms with Crippen molar-refractivity contribution in [2.24, 2.45) is 5.92 Å². The number of thioether (sulfide) groups is 1. The zero-order valence-electron chi connectivity index (χ0n) is 16.6. The zero-order valence-corrected chi connectivity index (χ0v) is 17.4. The summed E-state index contributed by atoms with van der Waals surface area (Å²) in [6, 6.07) is 6.48. The number of amides is 1. The molecule has 27 heavy (non-hydrogen) atoms. The molecule has 3 rings (SSSR count). The molecule has 0 radical (unpaired) electrons. The lowest BCUT2D eigenvalue weighted by Gasteiger charge is -2.42. The van der Waals surface area contributed by atoms with Gasteiger partial charge in [-0.15, -0.1) is 0 Å². The van der Waals surface area contributed by atoms with Gasteiger partial charge >= 0.3 is 0 Å². The van der Waals surface area contributed by atoms with E-state index in [1.54, 1.807) is 6.20 Å². The standard InChI is InChI=1S/C21H34N4OS/c1-2-27-15-14-24-12-8-20(9-13-24)25-11-5-6-18(17-25)21(26)23-16-19-7-3-4-10-22-19/h3-4,7,10,18,20H,2,5-6,8-9,11-17H2,1H3,(H,23,26)/t18-/m1/s1. The number of rotatable bonds is 8. The van der Waals surface area contributed by atoms with Crippen molar-refractivity contribution in [1.82, 2.24) is 20.1 Å². The van der Waals surface area contributed by atoms with Crippen LogP contribution in [0, 0.1) is 5.92 Å². The van der Waals surface area contributed by atoms with E-state index in [2.05, 4.69) is 27.0 Å². The van der Waals surface area contributed by atoms with Crippen molar-refractivity contribution in [1.29, 1.82) is 0 Å². The van der Waals surface area contributed by atoms with Crippen molar-refractivity contribution in [3.8, 4) is 0 Å². The summed E-state index contributed by atoms with van der Waals surface area (Å²) >= 11 is 2.04. The number of aromatic nitrogens is 1. The minimum absolute atomic E-state index is 0.126. The van der Waals surface area contributed by atoms with Crippen molar-refractivity contribution in [2.75, 3.05) is 44.2 Å². The van der Waals surface area contributed by atoms with Gasteiger partial charge in [0.05, 0.1) is 18.2 Å². The number of hydrogen-bond donors (Lipinski definition) is 1. The van der Waals surface area contributed by atoms with Crippen LogP contribution in [0.1, 0.15) is 38.3 Å². The fourth-order valence-corrected chi connectivity index (χ4v) is 4.90. The second-order valence-corrected chi connectivity index (χ2v) is 9.04. The van der Waals surface area contributed by atoms with Crippen molar-refractivity contribution >= 4 is 17.7 Å². The molecular weight excluding hydrogens is 356 g/mol. The molecule has 0 aliphatic carbocycles. The first-order chi connectivity index (χ1) is 13.3. The molecular formula is C21H34N4OS. The number of carbonyl (C=O) groups excluding carboxylic acids is 1. The first-order valence-corrected chi connectivity index (χ1v) is 11.6. The highest BCUT2D eigenvalue weighted by molar-refractivity contribution is 7.99. The normalized spacial score (nSPS) is 22.6. The predicted molar refractivity (Wildman–Crippen MR) is 113 cm³/mol. The number of likely N-dealkylation sites (tertiary alicyclic amines) is 2. The SMILES string of the molecule is CCSCCN1CCC(N2CCC[C@@H](C(=O)NCc3ccccn3)C2)CC1. The molecule has 1 N–H and O–H groups in total. The second kappa shape index (κ2) is 11.0. The Balaban J connectivity index is 1.40. The van der Waals surface area contributed by atoms with Gasteiger partial charge in [0.15, 0.2) is 0 Å². The maximum Gasteiger partial charge on any atom is 0.224 e. The van der Waals surface area contributed by atoms with Gasteiger partial charge in [0.2, 0.25) is 5.91 Å². The van der Waals surface area contributed by atoms with Gasteiger partial charge in [-0.3, -0.25) is 14.7 Å². The number of nitrogens with one attached hydrogen (secondary N) is 1. The lowest BCUT2D eigenvalue weighted by molar-refractivity contribution is -0.127. The van der Waals surface area contributed by atoms with E-state index in [0.717, 1.165) is 31.6 Å².